The van der Waals surface area contributed by atoms with Crippen molar-refractivity contribution >= 4 is 29.4 Å². The standard InChI is InChI=1S/C22H25N5O4/c1-2-22(16-6-4-3-5-7-16)20(29)27(21(30)25-22)15-19(28)24-17-8-9-18(23-14-17)26-10-12-31-13-11-26/h3-9,14H,2,10-13,15H2,1H3,(H,24,28)(H,25,30). The molecule has 1 aromatic carbocycles. The van der Waals surface area contributed by atoms with Gasteiger partial charge in [0.1, 0.15) is 17.9 Å². The highest BCUT2D eigenvalue weighted by Gasteiger charge is 2.51. The van der Waals surface area contributed by atoms with Gasteiger partial charge in [-0.15, -0.1) is 0 Å². The predicted octanol–water partition coefficient (Wildman–Crippen LogP) is 1.71. The van der Waals surface area contributed by atoms with E-state index in [0.29, 0.717) is 30.9 Å². The summed E-state index contributed by atoms with van der Waals surface area (Å²) < 4.78 is 5.34. The Kier molecular flexibility index (Phi) is 5.85. The fourth-order valence-corrected chi connectivity index (χ4v) is 3.92. The van der Waals surface area contributed by atoms with Crippen LogP contribution in [0.15, 0.2) is 48.7 Å². The first-order valence-electron chi connectivity index (χ1n) is 10.3. The summed E-state index contributed by atoms with van der Waals surface area (Å²) in [7, 11) is 0. The van der Waals surface area contributed by atoms with Crippen molar-refractivity contribution in [3.8, 4) is 0 Å². The summed E-state index contributed by atoms with van der Waals surface area (Å²) in [5.41, 5.74) is 0.0421. The lowest BCUT2D eigenvalue weighted by atomic mass is 9.87. The van der Waals surface area contributed by atoms with Crippen molar-refractivity contribution in [3.63, 3.8) is 0 Å². The molecule has 2 N–H and O–H groups in total. The third kappa shape index (κ3) is 4.09. The number of rotatable bonds is 6. The molecular weight excluding hydrogens is 398 g/mol. The van der Waals surface area contributed by atoms with Gasteiger partial charge in [0, 0.05) is 13.1 Å². The Bertz CT molecular complexity index is 960. The van der Waals surface area contributed by atoms with Crippen molar-refractivity contribution in [3.05, 3.63) is 54.2 Å². The number of anilines is 2. The average molecular weight is 423 g/mol. The van der Waals surface area contributed by atoms with E-state index >= 15 is 0 Å². The Hall–Kier alpha value is -3.46. The maximum absolute atomic E-state index is 13.1. The molecule has 0 radical (unpaired) electrons. The molecule has 0 aliphatic carbocycles. The van der Waals surface area contributed by atoms with Crippen LogP contribution in [0.1, 0.15) is 18.9 Å². The molecule has 2 fully saturated rings. The first kappa shape index (κ1) is 20.8. The van der Waals surface area contributed by atoms with E-state index in [9.17, 15) is 14.4 Å². The average Bonchev–Trinajstić information content (AvgIpc) is 3.06. The molecule has 0 spiro atoms. The number of hydrogen-bond acceptors (Lipinski definition) is 6. The number of amides is 4. The fourth-order valence-electron chi connectivity index (χ4n) is 3.92. The Balaban J connectivity index is 1.41. The van der Waals surface area contributed by atoms with E-state index < -0.39 is 23.4 Å². The lowest BCUT2D eigenvalue weighted by Crippen LogP contribution is -2.44. The summed E-state index contributed by atoms with van der Waals surface area (Å²) in [6.07, 6.45) is 1.95. The van der Waals surface area contributed by atoms with Gasteiger partial charge >= 0.3 is 6.03 Å². The highest BCUT2D eigenvalue weighted by molar-refractivity contribution is 6.10. The van der Waals surface area contributed by atoms with E-state index in [1.54, 1.807) is 24.4 Å². The highest BCUT2D eigenvalue weighted by atomic mass is 16.5. The van der Waals surface area contributed by atoms with Gasteiger partial charge in [0.05, 0.1) is 25.1 Å². The number of morpholine rings is 1. The van der Waals surface area contributed by atoms with Crippen molar-refractivity contribution in [2.24, 2.45) is 0 Å². The summed E-state index contributed by atoms with van der Waals surface area (Å²) >= 11 is 0. The maximum atomic E-state index is 13.1. The van der Waals surface area contributed by atoms with Crippen molar-refractivity contribution in [1.29, 1.82) is 0 Å². The molecule has 162 valence electrons. The number of hydrogen-bond donors (Lipinski definition) is 2. The number of carbonyl (C=O) groups excluding carboxylic acids is 3. The van der Waals surface area contributed by atoms with Crippen molar-refractivity contribution in [2.45, 2.75) is 18.9 Å². The van der Waals surface area contributed by atoms with E-state index in [1.165, 1.54) is 0 Å². The Labute approximate surface area is 180 Å². The quantitative estimate of drug-likeness (QED) is 0.686. The molecule has 1 atom stereocenters. The fraction of sp³-hybridized carbons (Fsp3) is 0.364. The van der Waals surface area contributed by atoms with Gasteiger partial charge < -0.3 is 20.3 Å². The van der Waals surface area contributed by atoms with E-state index in [-0.39, 0.29) is 6.54 Å². The molecule has 4 amide bonds. The van der Waals surface area contributed by atoms with E-state index in [2.05, 4.69) is 20.5 Å². The first-order valence-corrected chi connectivity index (χ1v) is 10.3. The van der Waals surface area contributed by atoms with Crippen molar-refractivity contribution in [2.75, 3.05) is 43.1 Å². The number of carbonyl (C=O) groups is 3. The van der Waals surface area contributed by atoms with Gasteiger partial charge in [-0.1, -0.05) is 37.3 Å². The summed E-state index contributed by atoms with van der Waals surface area (Å²) in [5.74, 6) is -0.0856. The number of nitrogens with zero attached hydrogens (tertiary/aromatic N) is 3. The van der Waals surface area contributed by atoms with Gasteiger partial charge in [0.2, 0.25) is 5.91 Å². The molecule has 2 aromatic rings. The van der Waals surface area contributed by atoms with Crippen molar-refractivity contribution in [1.82, 2.24) is 15.2 Å². The molecule has 31 heavy (non-hydrogen) atoms. The molecule has 3 heterocycles. The molecule has 0 saturated carbocycles. The Morgan fingerprint density at radius 3 is 2.55 bits per heavy atom. The van der Waals surface area contributed by atoms with Crippen LogP contribution >= 0.6 is 0 Å². The second-order valence-electron chi connectivity index (χ2n) is 7.50. The van der Waals surface area contributed by atoms with Gasteiger partial charge in [-0.2, -0.15) is 0 Å². The summed E-state index contributed by atoms with van der Waals surface area (Å²) in [4.78, 5) is 45.6. The van der Waals surface area contributed by atoms with E-state index in [1.807, 2.05) is 31.2 Å². The van der Waals surface area contributed by atoms with Gasteiger partial charge in [0.15, 0.2) is 0 Å². The minimum Gasteiger partial charge on any atom is -0.378 e. The lowest BCUT2D eigenvalue weighted by molar-refractivity contribution is -0.134. The molecular formula is C22H25N5O4. The van der Waals surface area contributed by atoms with Gasteiger partial charge in [-0.25, -0.2) is 9.78 Å². The van der Waals surface area contributed by atoms with Crippen LogP contribution in [0, 0.1) is 0 Å². The van der Waals surface area contributed by atoms with Crippen molar-refractivity contribution < 1.29 is 19.1 Å². The minimum atomic E-state index is -1.15. The van der Waals surface area contributed by atoms with Crippen LogP contribution in [0.2, 0.25) is 0 Å². The molecule has 9 heteroatoms. The van der Waals surface area contributed by atoms with Crippen LogP contribution in [0.3, 0.4) is 0 Å². The molecule has 2 aliphatic heterocycles. The maximum Gasteiger partial charge on any atom is 0.325 e. The summed E-state index contributed by atoms with van der Waals surface area (Å²) in [6, 6.07) is 12.1. The van der Waals surface area contributed by atoms with Crippen LogP contribution in [0.4, 0.5) is 16.3 Å². The van der Waals surface area contributed by atoms with Crippen LogP contribution in [-0.4, -0.2) is 60.6 Å². The normalized spacial score (nSPS) is 21.2. The van der Waals surface area contributed by atoms with Crippen LogP contribution in [0.25, 0.3) is 0 Å². The number of imide groups is 1. The van der Waals surface area contributed by atoms with Crippen LogP contribution < -0.4 is 15.5 Å². The molecule has 0 bridgehead atoms. The SMILES string of the molecule is CCC1(c2ccccc2)NC(=O)N(CC(=O)Nc2ccc(N3CCOCC3)nc2)C1=O. The van der Waals surface area contributed by atoms with Gasteiger partial charge in [0.25, 0.3) is 5.91 Å². The predicted molar refractivity (Wildman–Crippen MR) is 115 cm³/mol. The molecule has 4 rings (SSSR count). The number of nitrogens with one attached hydrogen (secondary N) is 2. The zero-order valence-electron chi connectivity index (χ0n) is 17.3. The first-order chi connectivity index (χ1) is 15.0. The molecule has 2 aliphatic rings. The topological polar surface area (TPSA) is 104 Å². The number of benzene rings is 1. The lowest BCUT2D eigenvalue weighted by Gasteiger charge is -2.27. The minimum absolute atomic E-state index is 0.371. The van der Waals surface area contributed by atoms with E-state index in [0.717, 1.165) is 23.8 Å². The zero-order valence-corrected chi connectivity index (χ0v) is 17.3. The number of pyridine rings is 1. The molecule has 2 saturated heterocycles. The second kappa shape index (κ2) is 8.73. The number of urea groups is 1. The molecule has 1 aromatic heterocycles. The Morgan fingerprint density at radius 2 is 1.90 bits per heavy atom. The second-order valence-corrected chi connectivity index (χ2v) is 7.50. The molecule has 9 nitrogen and oxygen atoms in total. The zero-order chi connectivity index (χ0) is 21.8. The third-order valence-corrected chi connectivity index (χ3v) is 5.64. The largest absolute Gasteiger partial charge is 0.378 e. The number of ether oxygens (including phenoxy) is 1. The highest BCUT2D eigenvalue weighted by Crippen LogP contribution is 2.32. The number of aromatic nitrogens is 1. The van der Waals surface area contributed by atoms with Gasteiger partial charge in [-0.05, 0) is 24.1 Å². The van der Waals surface area contributed by atoms with E-state index in [4.69, 9.17) is 4.74 Å². The van der Waals surface area contributed by atoms with Crippen LogP contribution in [0.5, 0.6) is 0 Å². The monoisotopic (exact) mass is 423 g/mol. The Morgan fingerprint density at radius 1 is 1.16 bits per heavy atom. The molecule has 1 unspecified atom stereocenters. The van der Waals surface area contributed by atoms with Crippen LogP contribution in [-0.2, 0) is 19.9 Å². The van der Waals surface area contributed by atoms with Gasteiger partial charge in [-0.3, -0.25) is 14.5 Å². The third-order valence-electron chi connectivity index (χ3n) is 5.64. The smallest absolute Gasteiger partial charge is 0.325 e. The summed E-state index contributed by atoms with van der Waals surface area (Å²) in [5, 5.41) is 5.48. The summed E-state index contributed by atoms with van der Waals surface area (Å²) in [6.45, 7) is 4.32.